The number of fused-ring (bicyclic) bond motifs is 1. The first-order valence-electron chi connectivity index (χ1n) is 4.05. The highest BCUT2D eigenvalue weighted by Gasteiger charge is 2.04. The molecule has 0 saturated heterocycles. The second kappa shape index (κ2) is 3.18. The fraction of sp³-hybridized carbons (Fsp3) is 0. The van der Waals surface area contributed by atoms with E-state index in [1.165, 1.54) is 18.2 Å². The molecule has 0 radical (unpaired) electrons. The van der Waals surface area contributed by atoms with Crippen molar-refractivity contribution in [2.45, 2.75) is 0 Å². The number of halogens is 2. The summed E-state index contributed by atoms with van der Waals surface area (Å²) in [6.45, 7) is 0. The lowest BCUT2D eigenvalue weighted by Gasteiger charge is -2.00. The van der Waals surface area contributed by atoms with Crippen molar-refractivity contribution in [1.82, 2.24) is 0 Å². The molecule has 70 valence electrons. The minimum absolute atomic E-state index is 0.190. The Morgan fingerprint density at radius 2 is 1.86 bits per heavy atom. The zero-order chi connectivity index (χ0) is 10.1. The van der Waals surface area contributed by atoms with E-state index in [1.807, 2.05) is 0 Å². The highest BCUT2D eigenvalue weighted by Crippen LogP contribution is 2.20. The van der Waals surface area contributed by atoms with E-state index in [0.717, 1.165) is 12.1 Å². The van der Waals surface area contributed by atoms with Crippen molar-refractivity contribution in [2.24, 2.45) is 0 Å². The van der Waals surface area contributed by atoms with E-state index >= 15 is 0 Å². The van der Waals surface area contributed by atoms with E-state index in [4.69, 9.17) is 0 Å². The van der Waals surface area contributed by atoms with Gasteiger partial charge in [-0.25, -0.2) is 8.78 Å². The van der Waals surface area contributed by atoms with Crippen LogP contribution in [0.1, 0.15) is 10.4 Å². The lowest BCUT2D eigenvalue weighted by atomic mass is 10.1. The third kappa shape index (κ3) is 1.37. The summed E-state index contributed by atoms with van der Waals surface area (Å²) >= 11 is 0. The van der Waals surface area contributed by atoms with Crippen LogP contribution in [0.5, 0.6) is 0 Å². The first-order valence-corrected chi connectivity index (χ1v) is 4.05. The van der Waals surface area contributed by atoms with Crippen molar-refractivity contribution in [3.63, 3.8) is 0 Å². The van der Waals surface area contributed by atoms with Gasteiger partial charge in [-0.05, 0) is 29.7 Å². The molecule has 14 heavy (non-hydrogen) atoms. The number of benzene rings is 2. The van der Waals surface area contributed by atoms with Gasteiger partial charge in [0.1, 0.15) is 17.9 Å². The number of rotatable bonds is 1. The Bertz CT molecular complexity index is 506. The second-order valence-electron chi connectivity index (χ2n) is 2.99. The average molecular weight is 192 g/mol. The molecule has 0 aromatic heterocycles. The molecule has 1 nitrogen and oxygen atoms in total. The summed E-state index contributed by atoms with van der Waals surface area (Å²) in [6.07, 6.45) is 0.561. The lowest BCUT2D eigenvalue weighted by molar-refractivity contribution is 0.112. The molecule has 0 fully saturated rings. The topological polar surface area (TPSA) is 17.1 Å². The van der Waals surface area contributed by atoms with Crippen LogP contribution in [-0.4, -0.2) is 6.29 Å². The van der Waals surface area contributed by atoms with Crippen LogP contribution in [-0.2, 0) is 0 Å². The molecule has 0 saturated carbocycles. The molecule has 3 heteroatoms. The zero-order valence-corrected chi connectivity index (χ0v) is 7.13. The Balaban J connectivity index is 2.82. The Morgan fingerprint density at radius 1 is 1.07 bits per heavy atom. The monoisotopic (exact) mass is 192 g/mol. The van der Waals surface area contributed by atoms with Crippen LogP contribution >= 0.6 is 0 Å². The van der Waals surface area contributed by atoms with Gasteiger partial charge in [0.15, 0.2) is 0 Å². The number of hydrogen-bond donors (Lipinski definition) is 0. The Hall–Kier alpha value is -1.77. The summed E-state index contributed by atoms with van der Waals surface area (Å²) < 4.78 is 26.1. The van der Waals surface area contributed by atoms with Crippen LogP contribution in [0.4, 0.5) is 8.78 Å². The maximum absolute atomic E-state index is 13.3. The normalized spacial score (nSPS) is 10.4. The van der Waals surface area contributed by atoms with Gasteiger partial charge >= 0.3 is 0 Å². The molecule has 0 heterocycles. The highest BCUT2D eigenvalue weighted by molar-refractivity contribution is 5.89. The van der Waals surface area contributed by atoms with Gasteiger partial charge in [0.2, 0.25) is 0 Å². The van der Waals surface area contributed by atoms with Gasteiger partial charge in [0, 0.05) is 10.9 Å². The van der Waals surface area contributed by atoms with Gasteiger partial charge in [-0.2, -0.15) is 0 Å². The molecule has 2 aromatic rings. The van der Waals surface area contributed by atoms with Gasteiger partial charge in [0.25, 0.3) is 0 Å². The first kappa shape index (κ1) is 8.81. The molecule has 0 aliphatic rings. The van der Waals surface area contributed by atoms with Crippen molar-refractivity contribution in [3.05, 3.63) is 47.5 Å². The molecule has 0 unspecified atom stereocenters. The van der Waals surface area contributed by atoms with Gasteiger partial charge in [-0.15, -0.1) is 0 Å². The smallest absolute Gasteiger partial charge is 0.150 e. The molecule has 0 bridgehead atoms. The molecule has 0 spiro atoms. The predicted octanol–water partition coefficient (Wildman–Crippen LogP) is 2.93. The van der Waals surface area contributed by atoms with Crippen LogP contribution in [0.15, 0.2) is 30.3 Å². The molecular formula is C11H6F2O. The van der Waals surface area contributed by atoms with Crippen LogP contribution in [0, 0.1) is 11.6 Å². The van der Waals surface area contributed by atoms with Crippen molar-refractivity contribution < 1.29 is 13.6 Å². The quantitative estimate of drug-likeness (QED) is 0.635. The Kier molecular flexibility index (Phi) is 2.00. The van der Waals surface area contributed by atoms with E-state index in [0.29, 0.717) is 11.7 Å². The van der Waals surface area contributed by atoms with Crippen LogP contribution in [0.2, 0.25) is 0 Å². The largest absolute Gasteiger partial charge is 0.298 e. The third-order valence-corrected chi connectivity index (χ3v) is 2.02. The summed E-state index contributed by atoms with van der Waals surface area (Å²) in [5.41, 5.74) is 0.251. The van der Waals surface area contributed by atoms with Crippen LogP contribution in [0.3, 0.4) is 0 Å². The minimum Gasteiger partial charge on any atom is -0.298 e. The molecule has 0 N–H and O–H groups in total. The lowest BCUT2D eigenvalue weighted by Crippen LogP contribution is -1.86. The van der Waals surface area contributed by atoms with Crippen molar-refractivity contribution >= 4 is 17.1 Å². The third-order valence-electron chi connectivity index (χ3n) is 2.02. The zero-order valence-electron chi connectivity index (χ0n) is 7.13. The van der Waals surface area contributed by atoms with Gasteiger partial charge in [-0.3, -0.25) is 4.79 Å². The van der Waals surface area contributed by atoms with Crippen molar-refractivity contribution in [1.29, 1.82) is 0 Å². The SMILES string of the molecule is O=Cc1cc(F)c2cc(F)ccc2c1. The molecule has 0 aliphatic carbocycles. The molecule has 0 atom stereocenters. The number of carbonyl (C=O) groups excluding carboxylic acids is 1. The van der Waals surface area contributed by atoms with E-state index < -0.39 is 11.6 Å². The fourth-order valence-corrected chi connectivity index (χ4v) is 1.37. The molecule has 2 aromatic carbocycles. The summed E-state index contributed by atoms with van der Waals surface area (Å²) in [7, 11) is 0. The van der Waals surface area contributed by atoms with E-state index in [1.54, 1.807) is 0 Å². The number of carbonyl (C=O) groups is 1. The van der Waals surface area contributed by atoms with Crippen LogP contribution < -0.4 is 0 Å². The van der Waals surface area contributed by atoms with Crippen molar-refractivity contribution in [3.8, 4) is 0 Å². The molecule has 0 aliphatic heterocycles. The summed E-state index contributed by atoms with van der Waals surface area (Å²) in [6, 6.07) is 6.40. The van der Waals surface area contributed by atoms with E-state index in [2.05, 4.69) is 0 Å². The highest BCUT2D eigenvalue weighted by atomic mass is 19.1. The maximum atomic E-state index is 13.3. The standard InChI is InChI=1S/C11H6F2O/c12-9-2-1-8-3-7(6-14)4-11(13)10(8)5-9/h1-6H. The second-order valence-corrected chi connectivity index (χ2v) is 2.99. The fourth-order valence-electron chi connectivity index (χ4n) is 1.37. The molecule has 2 rings (SSSR count). The van der Waals surface area contributed by atoms with E-state index in [9.17, 15) is 13.6 Å². The Morgan fingerprint density at radius 3 is 2.57 bits per heavy atom. The van der Waals surface area contributed by atoms with E-state index in [-0.39, 0.29) is 10.9 Å². The first-order chi connectivity index (χ1) is 6.70. The summed E-state index contributed by atoms with van der Waals surface area (Å²) in [5, 5.41) is 0.712. The summed E-state index contributed by atoms with van der Waals surface area (Å²) in [4.78, 5) is 10.4. The Labute approximate surface area is 79.0 Å². The van der Waals surface area contributed by atoms with Crippen molar-refractivity contribution in [2.75, 3.05) is 0 Å². The number of hydrogen-bond acceptors (Lipinski definition) is 1. The predicted molar refractivity (Wildman–Crippen MR) is 49.3 cm³/mol. The average Bonchev–Trinajstić information content (AvgIpc) is 2.19. The van der Waals surface area contributed by atoms with Crippen LogP contribution in [0.25, 0.3) is 10.8 Å². The molecule has 0 amide bonds. The maximum Gasteiger partial charge on any atom is 0.150 e. The minimum atomic E-state index is -0.580. The van der Waals surface area contributed by atoms with Gasteiger partial charge in [0.05, 0.1) is 0 Å². The van der Waals surface area contributed by atoms with Gasteiger partial charge < -0.3 is 0 Å². The molecular weight excluding hydrogens is 186 g/mol. The van der Waals surface area contributed by atoms with Gasteiger partial charge in [-0.1, -0.05) is 6.07 Å². The number of aldehydes is 1. The summed E-state index contributed by atoms with van der Waals surface area (Å²) in [5.74, 6) is -1.07.